The third-order valence-electron chi connectivity index (χ3n) is 2.62. The minimum absolute atomic E-state index is 0.521. The van der Waals surface area contributed by atoms with Gasteiger partial charge < -0.3 is 10.5 Å². The molecule has 0 spiro atoms. The van der Waals surface area contributed by atoms with Crippen molar-refractivity contribution < 1.29 is 4.74 Å². The molecule has 0 aliphatic heterocycles. The lowest BCUT2D eigenvalue weighted by Gasteiger charge is -2.10. The molecular formula is C13H8BrClN2OS. The fourth-order valence-corrected chi connectivity index (χ4v) is 3.10. The number of halogens is 2. The average Bonchev–Trinajstić information content (AvgIpc) is 2.85. The highest BCUT2D eigenvalue weighted by Crippen LogP contribution is 2.37. The third kappa shape index (κ3) is 2.41. The van der Waals surface area contributed by atoms with Gasteiger partial charge in [-0.3, -0.25) is 0 Å². The molecule has 0 saturated heterocycles. The topological polar surface area (TPSA) is 48.1 Å². The van der Waals surface area contributed by atoms with Crippen molar-refractivity contribution in [1.29, 1.82) is 0 Å². The Balaban J connectivity index is 2.03. The molecule has 0 aliphatic rings. The molecule has 1 heterocycles. The normalized spacial score (nSPS) is 10.8. The summed E-state index contributed by atoms with van der Waals surface area (Å²) in [6.45, 7) is 0. The number of rotatable bonds is 2. The van der Waals surface area contributed by atoms with Gasteiger partial charge in [-0.25, -0.2) is 4.98 Å². The maximum atomic E-state index is 6.12. The van der Waals surface area contributed by atoms with E-state index in [1.165, 1.54) is 0 Å². The van der Waals surface area contributed by atoms with Gasteiger partial charge in [-0.1, -0.05) is 27.5 Å². The quantitative estimate of drug-likeness (QED) is 0.652. The molecule has 0 atom stereocenters. The number of nitrogens with zero attached hydrogens (tertiary/aromatic N) is 1. The first kappa shape index (κ1) is 12.7. The first-order chi connectivity index (χ1) is 9.15. The van der Waals surface area contributed by atoms with Crippen molar-refractivity contribution in [3.05, 3.63) is 45.3 Å². The standard InChI is InChI=1S/C13H8BrClN2OS/c14-7-1-2-9(8(15)5-7)18-10-3-4-11-13(12(10)16)17-6-19-11/h1-6H,16H2. The van der Waals surface area contributed by atoms with Gasteiger partial charge in [0.05, 0.1) is 15.2 Å². The summed E-state index contributed by atoms with van der Waals surface area (Å²) in [7, 11) is 0. The van der Waals surface area contributed by atoms with E-state index < -0.39 is 0 Å². The van der Waals surface area contributed by atoms with E-state index in [0.29, 0.717) is 22.2 Å². The molecule has 3 aromatic rings. The maximum Gasteiger partial charge on any atom is 0.152 e. The number of anilines is 1. The van der Waals surface area contributed by atoms with Crippen molar-refractivity contribution in [2.24, 2.45) is 0 Å². The number of aromatic nitrogens is 1. The van der Waals surface area contributed by atoms with Crippen LogP contribution in [0.25, 0.3) is 10.2 Å². The highest BCUT2D eigenvalue weighted by molar-refractivity contribution is 9.10. The minimum Gasteiger partial charge on any atom is -0.454 e. The first-order valence-electron chi connectivity index (χ1n) is 5.40. The predicted molar refractivity (Wildman–Crippen MR) is 83.3 cm³/mol. The van der Waals surface area contributed by atoms with Crippen LogP contribution >= 0.6 is 38.9 Å². The van der Waals surface area contributed by atoms with Crippen LogP contribution in [-0.2, 0) is 0 Å². The number of nitrogen functional groups attached to an aromatic ring is 1. The van der Waals surface area contributed by atoms with Crippen molar-refractivity contribution in [3.63, 3.8) is 0 Å². The summed E-state index contributed by atoms with van der Waals surface area (Å²) in [6.07, 6.45) is 0. The second-order valence-electron chi connectivity index (χ2n) is 3.85. The van der Waals surface area contributed by atoms with E-state index in [0.717, 1.165) is 14.7 Å². The van der Waals surface area contributed by atoms with Crippen LogP contribution in [0.4, 0.5) is 5.69 Å². The van der Waals surface area contributed by atoms with Gasteiger partial charge in [0.25, 0.3) is 0 Å². The average molecular weight is 356 g/mol. The van der Waals surface area contributed by atoms with E-state index in [9.17, 15) is 0 Å². The van der Waals surface area contributed by atoms with Crippen molar-refractivity contribution in [3.8, 4) is 11.5 Å². The maximum absolute atomic E-state index is 6.12. The summed E-state index contributed by atoms with van der Waals surface area (Å²) >= 11 is 11.0. The number of fused-ring (bicyclic) bond motifs is 1. The zero-order valence-electron chi connectivity index (χ0n) is 9.56. The molecule has 0 fully saturated rings. The van der Waals surface area contributed by atoms with E-state index >= 15 is 0 Å². The third-order valence-corrected chi connectivity index (χ3v) is 4.20. The fourth-order valence-electron chi connectivity index (χ4n) is 1.70. The SMILES string of the molecule is Nc1c(Oc2ccc(Br)cc2Cl)ccc2scnc12. The number of hydrogen-bond donors (Lipinski definition) is 1. The van der Waals surface area contributed by atoms with Gasteiger partial charge in [0.15, 0.2) is 5.75 Å². The smallest absolute Gasteiger partial charge is 0.152 e. The van der Waals surface area contributed by atoms with Crippen molar-refractivity contribution in [2.45, 2.75) is 0 Å². The summed E-state index contributed by atoms with van der Waals surface area (Å²) in [5.74, 6) is 1.12. The van der Waals surface area contributed by atoms with Gasteiger partial charge in [-0.15, -0.1) is 11.3 Å². The van der Waals surface area contributed by atoms with Crippen LogP contribution in [0.1, 0.15) is 0 Å². The molecule has 19 heavy (non-hydrogen) atoms. The minimum atomic E-state index is 0.521. The molecule has 3 nitrogen and oxygen atoms in total. The summed E-state index contributed by atoms with van der Waals surface area (Å²) in [5, 5.41) is 0.521. The Morgan fingerprint density at radius 1 is 1.21 bits per heavy atom. The number of thiazole rings is 1. The van der Waals surface area contributed by atoms with E-state index in [1.807, 2.05) is 18.2 Å². The molecule has 0 bridgehead atoms. The second-order valence-corrected chi connectivity index (χ2v) is 6.06. The Morgan fingerprint density at radius 3 is 2.79 bits per heavy atom. The second kappa shape index (κ2) is 5.00. The lowest BCUT2D eigenvalue weighted by molar-refractivity contribution is 0.486. The Bertz CT molecular complexity index is 759. The predicted octanol–water partition coefficient (Wildman–Crippen LogP) is 5.09. The fraction of sp³-hybridized carbons (Fsp3) is 0. The molecule has 3 rings (SSSR count). The van der Waals surface area contributed by atoms with E-state index in [-0.39, 0.29) is 0 Å². The molecule has 1 aromatic heterocycles. The van der Waals surface area contributed by atoms with E-state index in [2.05, 4.69) is 20.9 Å². The van der Waals surface area contributed by atoms with E-state index in [4.69, 9.17) is 22.1 Å². The van der Waals surface area contributed by atoms with Crippen LogP contribution in [0.2, 0.25) is 5.02 Å². The number of ether oxygens (including phenoxy) is 1. The number of hydrogen-bond acceptors (Lipinski definition) is 4. The van der Waals surface area contributed by atoms with Crippen molar-refractivity contribution in [1.82, 2.24) is 4.98 Å². The Morgan fingerprint density at radius 2 is 2.00 bits per heavy atom. The Kier molecular flexibility index (Phi) is 3.35. The molecule has 0 amide bonds. The van der Waals surface area contributed by atoms with Gasteiger partial charge in [-0.2, -0.15) is 0 Å². The van der Waals surface area contributed by atoms with Crippen LogP contribution in [0.3, 0.4) is 0 Å². The summed E-state index contributed by atoms with van der Waals surface area (Å²) < 4.78 is 7.69. The van der Waals surface area contributed by atoms with Gasteiger partial charge in [0.2, 0.25) is 0 Å². The number of nitrogens with two attached hydrogens (primary N) is 1. The van der Waals surface area contributed by atoms with Crippen LogP contribution in [0, 0.1) is 0 Å². The lowest BCUT2D eigenvalue weighted by Crippen LogP contribution is -1.93. The van der Waals surface area contributed by atoms with Crippen LogP contribution in [-0.4, -0.2) is 4.98 Å². The molecule has 2 N–H and O–H groups in total. The molecule has 0 radical (unpaired) electrons. The van der Waals surface area contributed by atoms with Gasteiger partial charge in [-0.05, 0) is 30.3 Å². The lowest BCUT2D eigenvalue weighted by atomic mass is 10.2. The Labute approximate surface area is 127 Å². The largest absolute Gasteiger partial charge is 0.454 e. The number of benzene rings is 2. The first-order valence-corrected chi connectivity index (χ1v) is 7.45. The molecule has 0 saturated carbocycles. The van der Waals surface area contributed by atoms with Gasteiger partial charge >= 0.3 is 0 Å². The molecular weight excluding hydrogens is 348 g/mol. The summed E-state index contributed by atoms with van der Waals surface area (Å²) in [5.41, 5.74) is 9.11. The van der Waals surface area contributed by atoms with Crippen molar-refractivity contribution >= 4 is 54.8 Å². The van der Waals surface area contributed by atoms with Crippen LogP contribution in [0.15, 0.2) is 40.3 Å². The Hall–Kier alpha value is -1.30. The molecule has 6 heteroatoms. The summed E-state index contributed by atoms with van der Waals surface area (Å²) in [4.78, 5) is 4.23. The highest BCUT2D eigenvalue weighted by atomic mass is 79.9. The van der Waals surface area contributed by atoms with Crippen LogP contribution in [0.5, 0.6) is 11.5 Å². The van der Waals surface area contributed by atoms with Gasteiger partial charge in [0.1, 0.15) is 17.0 Å². The van der Waals surface area contributed by atoms with Crippen molar-refractivity contribution in [2.75, 3.05) is 5.73 Å². The highest BCUT2D eigenvalue weighted by Gasteiger charge is 2.10. The molecule has 2 aromatic carbocycles. The molecule has 0 aliphatic carbocycles. The monoisotopic (exact) mass is 354 g/mol. The van der Waals surface area contributed by atoms with Crippen LogP contribution < -0.4 is 10.5 Å². The molecule has 0 unspecified atom stereocenters. The zero-order valence-corrected chi connectivity index (χ0v) is 12.7. The zero-order chi connectivity index (χ0) is 13.4. The summed E-state index contributed by atoms with van der Waals surface area (Å²) in [6, 6.07) is 9.18. The van der Waals surface area contributed by atoms with E-state index in [1.54, 1.807) is 29.0 Å². The van der Waals surface area contributed by atoms with Gasteiger partial charge in [0, 0.05) is 4.47 Å². The molecule has 96 valence electrons.